The molecule has 0 aliphatic rings. The number of carbonyl (C=O) groups excluding carboxylic acids is 1. The summed E-state index contributed by atoms with van der Waals surface area (Å²) in [6.07, 6.45) is 0. The zero-order valence-corrected chi connectivity index (χ0v) is 16.5. The van der Waals surface area contributed by atoms with Crippen molar-refractivity contribution in [3.63, 3.8) is 0 Å². The number of nitrogens with one attached hydrogen (secondary N) is 1. The van der Waals surface area contributed by atoms with E-state index in [4.69, 9.17) is 5.14 Å². The summed E-state index contributed by atoms with van der Waals surface area (Å²) in [4.78, 5) is 16.7. The topological polar surface area (TPSA) is 107 Å². The number of benzene rings is 2. The fourth-order valence-corrected chi connectivity index (χ4v) is 4.03. The predicted octanol–water partition coefficient (Wildman–Crippen LogP) is 2.19. The highest BCUT2D eigenvalue weighted by molar-refractivity contribution is 7.99. The normalized spacial score (nSPS) is 12.9. The molecule has 0 fully saturated rings. The molecule has 142 valence electrons. The number of nitrogens with two attached hydrogens (primary N) is 1. The monoisotopic (exact) mass is 404 g/mol. The summed E-state index contributed by atoms with van der Waals surface area (Å²) in [5.74, 6) is 0.102. The molecule has 1 aromatic heterocycles. The van der Waals surface area contributed by atoms with Crippen molar-refractivity contribution in [2.45, 2.75) is 23.0 Å². The Kier molecular flexibility index (Phi) is 5.54. The Bertz CT molecular complexity index is 1080. The minimum absolute atomic E-state index is 0.0130. The highest BCUT2D eigenvalue weighted by atomic mass is 32.2. The van der Waals surface area contributed by atoms with Gasteiger partial charge in [-0.25, -0.2) is 18.5 Å². The average Bonchev–Trinajstić information content (AvgIpc) is 2.95. The van der Waals surface area contributed by atoms with E-state index >= 15 is 0 Å². The minimum atomic E-state index is -3.78. The molecular formula is C18H20N4O3S2. The number of nitrogens with zero attached hydrogens (tertiary/aromatic N) is 2. The lowest BCUT2D eigenvalue weighted by atomic mass is 10.1. The van der Waals surface area contributed by atoms with Gasteiger partial charge in [-0.05, 0) is 30.7 Å². The van der Waals surface area contributed by atoms with Gasteiger partial charge in [-0.15, -0.1) is 0 Å². The van der Waals surface area contributed by atoms with Crippen LogP contribution in [0.1, 0.15) is 18.5 Å². The van der Waals surface area contributed by atoms with Crippen molar-refractivity contribution in [3.05, 3.63) is 54.1 Å². The Labute approximate surface area is 162 Å². The van der Waals surface area contributed by atoms with E-state index in [1.54, 1.807) is 6.07 Å². The molecule has 3 N–H and O–H groups in total. The van der Waals surface area contributed by atoms with Gasteiger partial charge in [-0.2, -0.15) is 0 Å². The summed E-state index contributed by atoms with van der Waals surface area (Å²) in [5, 5.41) is 8.75. The molecule has 0 saturated heterocycles. The molecule has 1 atom stereocenters. The second-order valence-electron chi connectivity index (χ2n) is 6.14. The number of rotatable bonds is 6. The Balaban J connectivity index is 1.69. The van der Waals surface area contributed by atoms with Crippen LogP contribution >= 0.6 is 11.8 Å². The summed E-state index contributed by atoms with van der Waals surface area (Å²) < 4.78 is 24.8. The van der Waals surface area contributed by atoms with Gasteiger partial charge in [-0.3, -0.25) is 4.79 Å². The molecule has 3 aromatic rings. The molecule has 1 amide bonds. The first-order chi connectivity index (χ1) is 12.8. The van der Waals surface area contributed by atoms with Crippen LogP contribution in [0.25, 0.3) is 11.0 Å². The molecule has 0 aliphatic heterocycles. The molecule has 7 nitrogen and oxygen atoms in total. The lowest BCUT2D eigenvalue weighted by Gasteiger charge is -2.14. The predicted molar refractivity (Wildman–Crippen MR) is 106 cm³/mol. The number of fused-ring (bicyclic) bond motifs is 1. The summed E-state index contributed by atoms with van der Waals surface area (Å²) in [6, 6.07) is 14.2. The third kappa shape index (κ3) is 4.49. The zero-order chi connectivity index (χ0) is 19.6. The number of carbonyl (C=O) groups is 1. The van der Waals surface area contributed by atoms with Crippen LogP contribution in [0, 0.1) is 0 Å². The van der Waals surface area contributed by atoms with Crippen LogP contribution in [0.5, 0.6) is 0 Å². The van der Waals surface area contributed by atoms with E-state index in [9.17, 15) is 13.2 Å². The number of hydrogen-bond donors (Lipinski definition) is 2. The average molecular weight is 405 g/mol. The largest absolute Gasteiger partial charge is 0.349 e. The van der Waals surface area contributed by atoms with Gasteiger partial charge < -0.3 is 9.88 Å². The first-order valence-electron chi connectivity index (χ1n) is 8.22. The number of thioether (sulfide) groups is 1. The molecule has 0 bridgehead atoms. The first kappa shape index (κ1) is 19.4. The summed E-state index contributed by atoms with van der Waals surface area (Å²) >= 11 is 1.29. The molecule has 0 unspecified atom stereocenters. The van der Waals surface area contributed by atoms with Gasteiger partial charge in [0.1, 0.15) is 0 Å². The lowest BCUT2D eigenvalue weighted by molar-refractivity contribution is -0.119. The SMILES string of the molecule is C[C@@H](NC(=O)CSc1nc2cc(S(N)(=O)=O)ccc2n1C)c1ccccc1. The number of aryl methyl sites for hydroxylation is 1. The number of primary sulfonamides is 1. The summed E-state index contributed by atoms with van der Waals surface area (Å²) in [6.45, 7) is 1.93. The number of imidazole rings is 1. The molecule has 0 radical (unpaired) electrons. The lowest BCUT2D eigenvalue weighted by Crippen LogP contribution is -2.28. The van der Waals surface area contributed by atoms with E-state index in [0.29, 0.717) is 10.7 Å². The van der Waals surface area contributed by atoms with Crippen molar-refractivity contribution in [1.29, 1.82) is 0 Å². The van der Waals surface area contributed by atoms with Crippen LogP contribution < -0.4 is 10.5 Å². The maximum absolute atomic E-state index is 12.2. The molecule has 2 aromatic carbocycles. The molecule has 0 saturated carbocycles. The van der Waals surface area contributed by atoms with Crippen molar-refractivity contribution in [1.82, 2.24) is 14.9 Å². The van der Waals surface area contributed by atoms with Gasteiger partial charge in [0, 0.05) is 7.05 Å². The summed E-state index contributed by atoms with van der Waals surface area (Å²) in [7, 11) is -1.97. The van der Waals surface area contributed by atoms with E-state index in [1.165, 1.54) is 23.9 Å². The third-order valence-electron chi connectivity index (χ3n) is 4.15. The van der Waals surface area contributed by atoms with E-state index in [1.807, 2.05) is 48.9 Å². The molecular weight excluding hydrogens is 384 g/mol. The smallest absolute Gasteiger partial charge is 0.238 e. The van der Waals surface area contributed by atoms with Crippen LogP contribution in [0.3, 0.4) is 0 Å². The Morgan fingerprint density at radius 2 is 1.96 bits per heavy atom. The quantitative estimate of drug-likeness (QED) is 0.613. The second-order valence-corrected chi connectivity index (χ2v) is 8.64. The standard InChI is InChI=1S/C18H20N4O3S2/c1-12(13-6-4-3-5-7-13)20-17(23)11-26-18-21-15-10-14(27(19,24)25)8-9-16(15)22(18)2/h3-10,12H,11H2,1-2H3,(H,20,23)(H2,19,24,25)/t12-/m1/s1. The third-order valence-corrected chi connectivity index (χ3v) is 6.09. The van der Waals surface area contributed by atoms with Gasteiger partial charge in [0.05, 0.1) is 27.7 Å². The van der Waals surface area contributed by atoms with Gasteiger partial charge in [0.15, 0.2) is 5.16 Å². The fraction of sp³-hybridized carbons (Fsp3) is 0.222. The van der Waals surface area contributed by atoms with E-state index in [2.05, 4.69) is 10.3 Å². The highest BCUT2D eigenvalue weighted by Gasteiger charge is 2.15. The number of amides is 1. The van der Waals surface area contributed by atoms with Gasteiger partial charge in [0.25, 0.3) is 0 Å². The molecule has 0 spiro atoms. The van der Waals surface area contributed by atoms with Crippen LogP contribution in [0.2, 0.25) is 0 Å². The van der Waals surface area contributed by atoms with Gasteiger partial charge in [0.2, 0.25) is 15.9 Å². The minimum Gasteiger partial charge on any atom is -0.349 e. The Morgan fingerprint density at radius 3 is 2.63 bits per heavy atom. The molecule has 1 heterocycles. The zero-order valence-electron chi connectivity index (χ0n) is 14.9. The van der Waals surface area contributed by atoms with Crippen LogP contribution in [0.15, 0.2) is 58.6 Å². The van der Waals surface area contributed by atoms with Crippen LogP contribution in [0.4, 0.5) is 0 Å². The first-order valence-corrected chi connectivity index (χ1v) is 10.8. The van der Waals surface area contributed by atoms with Crippen molar-refractivity contribution in [3.8, 4) is 0 Å². The molecule has 27 heavy (non-hydrogen) atoms. The van der Waals surface area contributed by atoms with E-state index in [-0.39, 0.29) is 22.6 Å². The number of sulfonamides is 1. The van der Waals surface area contributed by atoms with Crippen molar-refractivity contribution >= 4 is 38.7 Å². The number of aromatic nitrogens is 2. The molecule has 3 rings (SSSR count). The Hall–Kier alpha value is -2.36. The molecule has 0 aliphatic carbocycles. The second kappa shape index (κ2) is 7.71. The van der Waals surface area contributed by atoms with Gasteiger partial charge >= 0.3 is 0 Å². The van der Waals surface area contributed by atoms with Crippen LogP contribution in [-0.4, -0.2) is 29.6 Å². The summed E-state index contributed by atoms with van der Waals surface area (Å²) in [5.41, 5.74) is 2.32. The Morgan fingerprint density at radius 1 is 1.26 bits per heavy atom. The van der Waals surface area contributed by atoms with Crippen LogP contribution in [-0.2, 0) is 21.9 Å². The van der Waals surface area contributed by atoms with Gasteiger partial charge in [-0.1, -0.05) is 42.1 Å². The van der Waals surface area contributed by atoms with Crippen molar-refractivity contribution in [2.75, 3.05) is 5.75 Å². The molecule has 9 heteroatoms. The van der Waals surface area contributed by atoms with E-state index in [0.717, 1.165) is 11.1 Å². The maximum Gasteiger partial charge on any atom is 0.238 e. The van der Waals surface area contributed by atoms with Crippen molar-refractivity contribution < 1.29 is 13.2 Å². The fourth-order valence-electron chi connectivity index (χ4n) is 2.70. The highest BCUT2D eigenvalue weighted by Crippen LogP contribution is 2.24. The van der Waals surface area contributed by atoms with Crippen molar-refractivity contribution in [2.24, 2.45) is 12.2 Å². The maximum atomic E-state index is 12.2. The van der Waals surface area contributed by atoms with E-state index < -0.39 is 10.0 Å². The number of hydrogen-bond acceptors (Lipinski definition) is 5.